The van der Waals surface area contributed by atoms with Gasteiger partial charge in [-0.1, -0.05) is 54.6 Å². The lowest BCUT2D eigenvalue weighted by molar-refractivity contribution is -0.384. The van der Waals surface area contributed by atoms with Crippen LogP contribution < -0.4 is 5.32 Å². The fourth-order valence-corrected chi connectivity index (χ4v) is 5.42. The van der Waals surface area contributed by atoms with Crippen LogP contribution in [-0.2, 0) is 19.1 Å². The number of rotatable bonds is 11. The molecule has 0 saturated carbocycles. The predicted molar refractivity (Wildman–Crippen MR) is 160 cm³/mol. The number of non-ortho nitro benzene ring substituents is 1. The molecule has 222 valence electrons. The number of nitrogens with one attached hydrogen (secondary N) is 1. The van der Waals surface area contributed by atoms with Gasteiger partial charge >= 0.3 is 11.9 Å². The highest BCUT2D eigenvalue weighted by Gasteiger charge is 2.38. The fourth-order valence-electron chi connectivity index (χ4n) is 5.42. The largest absolute Gasteiger partial charge is 0.466 e. The number of allylic oxidation sites excluding steroid dienone is 2. The number of nitro benzene ring substituents is 1. The van der Waals surface area contributed by atoms with E-state index in [1.165, 1.54) is 30.9 Å². The van der Waals surface area contributed by atoms with E-state index in [4.69, 9.17) is 9.47 Å². The summed E-state index contributed by atoms with van der Waals surface area (Å²) in [7, 11) is 1.26. The number of nitro groups is 1. The van der Waals surface area contributed by atoms with Gasteiger partial charge in [-0.15, -0.1) is 0 Å². The topological polar surface area (TPSA) is 114 Å². The summed E-state index contributed by atoms with van der Waals surface area (Å²) in [6, 6.07) is 16.2. The van der Waals surface area contributed by atoms with Gasteiger partial charge in [0.1, 0.15) is 0 Å². The number of ether oxygens (including phenoxy) is 2. The van der Waals surface area contributed by atoms with E-state index in [0.29, 0.717) is 23.4 Å². The molecule has 2 aliphatic heterocycles. The van der Waals surface area contributed by atoms with Crippen molar-refractivity contribution in [1.82, 2.24) is 15.1 Å². The molecule has 10 heteroatoms. The zero-order valence-corrected chi connectivity index (χ0v) is 24.4. The van der Waals surface area contributed by atoms with Crippen LogP contribution in [0.4, 0.5) is 5.69 Å². The Kier molecular flexibility index (Phi) is 10.6. The van der Waals surface area contributed by atoms with Gasteiger partial charge in [0.05, 0.1) is 35.7 Å². The van der Waals surface area contributed by atoms with Crippen molar-refractivity contribution in [3.63, 3.8) is 0 Å². The van der Waals surface area contributed by atoms with Gasteiger partial charge < -0.3 is 19.7 Å². The van der Waals surface area contributed by atoms with Gasteiger partial charge in [-0.05, 0) is 31.4 Å². The van der Waals surface area contributed by atoms with Crippen molar-refractivity contribution in [2.45, 2.75) is 26.2 Å². The summed E-state index contributed by atoms with van der Waals surface area (Å²) in [6.45, 7) is 9.22. The number of carbonyl (C=O) groups excluding carboxylic acids is 2. The minimum atomic E-state index is -0.866. The van der Waals surface area contributed by atoms with Crippen LogP contribution in [0.25, 0.3) is 6.08 Å². The number of piperazine rings is 1. The number of benzene rings is 2. The molecular formula is C32H38N4O6. The Morgan fingerprint density at radius 1 is 0.976 bits per heavy atom. The third-order valence-corrected chi connectivity index (χ3v) is 7.59. The zero-order valence-electron chi connectivity index (χ0n) is 24.4. The lowest BCUT2D eigenvalue weighted by Crippen LogP contribution is -2.46. The Bertz CT molecular complexity index is 1380. The quantitative estimate of drug-likeness (QED) is 0.182. The minimum Gasteiger partial charge on any atom is -0.466 e. The second kappa shape index (κ2) is 14.6. The van der Waals surface area contributed by atoms with Crippen LogP contribution in [0.1, 0.15) is 37.3 Å². The summed E-state index contributed by atoms with van der Waals surface area (Å²) in [5.74, 6) is -2.06. The van der Waals surface area contributed by atoms with Crippen molar-refractivity contribution in [3.8, 4) is 0 Å². The molecule has 0 bridgehead atoms. The Balaban J connectivity index is 1.33. The van der Waals surface area contributed by atoms with Crippen LogP contribution >= 0.6 is 0 Å². The molecule has 0 aliphatic carbocycles. The van der Waals surface area contributed by atoms with Crippen LogP contribution in [0, 0.1) is 10.1 Å². The highest BCUT2D eigenvalue weighted by atomic mass is 16.6. The van der Waals surface area contributed by atoms with Crippen LogP contribution in [0.15, 0.2) is 83.2 Å². The number of methoxy groups -OCH3 is 1. The molecule has 2 heterocycles. The monoisotopic (exact) mass is 574 g/mol. The van der Waals surface area contributed by atoms with Crippen molar-refractivity contribution >= 4 is 23.7 Å². The second-order valence-corrected chi connectivity index (χ2v) is 10.4. The number of nitrogens with zero attached hydrogens (tertiary/aromatic N) is 3. The maximum Gasteiger partial charge on any atom is 0.336 e. The zero-order chi connectivity index (χ0) is 30.1. The lowest BCUT2D eigenvalue weighted by atomic mass is 9.80. The smallest absolute Gasteiger partial charge is 0.336 e. The fraction of sp³-hybridized carbons (Fsp3) is 0.375. The Hall–Kier alpha value is -4.28. The Morgan fingerprint density at radius 3 is 2.31 bits per heavy atom. The molecule has 0 radical (unpaired) electrons. The van der Waals surface area contributed by atoms with E-state index in [2.05, 4.69) is 39.4 Å². The van der Waals surface area contributed by atoms with E-state index in [0.717, 1.165) is 39.3 Å². The van der Waals surface area contributed by atoms with Gasteiger partial charge in [0.15, 0.2) is 0 Å². The first kappa shape index (κ1) is 30.7. The van der Waals surface area contributed by atoms with Crippen LogP contribution in [-0.4, -0.2) is 79.6 Å². The third-order valence-electron chi connectivity index (χ3n) is 7.59. The first-order valence-corrected chi connectivity index (χ1v) is 14.1. The number of carbonyl (C=O) groups is 2. The summed E-state index contributed by atoms with van der Waals surface area (Å²) in [6.07, 6.45) is 5.01. The first-order chi connectivity index (χ1) is 20.3. The van der Waals surface area contributed by atoms with E-state index in [-0.39, 0.29) is 23.4 Å². The van der Waals surface area contributed by atoms with Gasteiger partial charge in [-0.25, -0.2) is 9.59 Å². The van der Waals surface area contributed by atoms with Crippen molar-refractivity contribution in [1.29, 1.82) is 0 Å². The molecular weight excluding hydrogens is 536 g/mol. The van der Waals surface area contributed by atoms with Crippen molar-refractivity contribution in [3.05, 3.63) is 104 Å². The average molecular weight is 575 g/mol. The number of hydrogen-bond donors (Lipinski definition) is 1. The summed E-state index contributed by atoms with van der Waals surface area (Å²) >= 11 is 0. The van der Waals surface area contributed by atoms with Crippen LogP contribution in [0.5, 0.6) is 0 Å². The molecule has 1 saturated heterocycles. The van der Waals surface area contributed by atoms with Gasteiger partial charge in [0.2, 0.25) is 0 Å². The highest BCUT2D eigenvalue weighted by molar-refractivity contribution is 5.99. The summed E-state index contributed by atoms with van der Waals surface area (Å²) < 4.78 is 10.7. The van der Waals surface area contributed by atoms with E-state index >= 15 is 0 Å². The first-order valence-electron chi connectivity index (χ1n) is 14.1. The van der Waals surface area contributed by atoms with Crippen LogP contribution in [0.2, 0.25) is 0 Å². The standard InChI is InChI=1S/C32H38N4O6/c1-23-28(31(37)41-3)30(26-13-7-14-27(22-26)36(39)40)29(24(2)33-23)32(38)42-21-9-16-35-19-17-34(18-20-35)15-8-12-25-10-5-4-6-11-25/h4-8,10-14,22,30,33H,9,15-21H2,1-3H3. The average Bonchev–Trinajstić information content (AvgIpc) is 2.99. The molecule has 0 amide bonds. The molecule has 1 atom stereocenters. The van der Waals surface area contributed by atoms with E-state index < -0.39 is 22.8 Å². The molecule has 10 nitrogen and oxygen atoms in total. The van der Waals surface area contributed by atoms with Crippen molar-refractivity contribution in [2.75, 3.05) is 53.0 Å². The third kappa shape index (κ3) is 7.71. The van der Waals surface area contributed by atoms with Gasteiger partial charge in [0, 0.05) is 62.8 Å². The Labute approximate surface area is 246 Å². The molecule has 0 spiro atoms. The SMILES string of the molecule is COC(=O)C1=C(C)NC(C)=C(C(=O)OCCCN2CCN(CC=Cc3ccccc3)CC2)C1c1cccc([N+](=O)[O-])c1. The lowest BCUT2D eigenvalue weighted by Gasteiger charge is -2.34. The predicted octanol–water partition coefficient (Wildman–Crippen LogP) is 4.27. The molecule has 42 heavy (non-hydrogen) atoms. The second-order valence-electron chi connectivity index (χ2n) is 10.4. The molecule has 2 aromatic rings. The molecule has 4 rings (SSSR count). The number of esters is 2. The maximum absolute atomic E-state index is 13.4. The normalized spacial score (nSPS) is 18.2. The molecule has 2 aromatic carbocycles. The molecule has 1 N–H and O–H groups in total. The van der Waals surface area contributed by atoms with Crippen LogP contribution in [0.3, 0.4) is 0 Å². The minimum absolute atomic E-state index is 0.134. The Morgan fingerprint density at radius 2 is 1.64 bits per heavy atom. The summed E-state index contributed by atoms with van der Waals surface area (Å²) in [5, 5.41) is 14.5. The number of hydrogen-bond acceptors (Lipinski definition) is 9. The van der Waals surface area contributed by atoms with Crippen molar-refractivity contribution < 1.29 is 24.0 Å². The molecule has 0 aromatic heterocycles. The summed E-state index contributed by atoms with van der Waals surface area (Å²) in [5.41, 5.74) is 3.00. The summed E-state index contributed by atoms with van der Waals surface area (Å²) in [4.78, 5) is 41.9. The number of dihydropyridines is 1. The highest BCUT2D eigenvalue weighted by Crippen LogP contribution is 2.40. The molecule has 1 fully saturated rings. The van der Waals surface area contributed by atoms with E-state index in [1.54, 1.807) is 19.9 Å². The molecule has 2 aliphatic rings. The van der Waals surface area contributed by atoms with E-state index in [9.17, 15) is 19.7 Å². The van der Waals surface area contributed by atoms with Gasteiger partial charge in [-0.3, -0.25) is 15.0 Å². The van der Waals surface area contributed by atoms with Gasteiger partial charge in [0.25, 0.3) is 5.69 Å². The van der Waals surface area contributed by atoms with Crippen molar-refractivity contribution in [2.24, 2.45) is 0 Å². The molecule has 1 unspecified atom stereocenters. The van der Waals surface area contributed by atoms with E-state index in [1.807, 2.05) is 18.2 Å². The maximum atomic E-state index is 13.4. The van der Waals surface area contributed by atoms with Gasteiger partial charge in [-0.2, -0.15) is 0 Å².